The van der Waals surface area contributed by atoms with Crippen LogP contribution in [0.15, 0.2) is 47.4 Å². The molecule has 0 unspecified atom stereocenters. The van der Waals surface area contributed by atoms with Crippen LogP contribution < -0.4 is 24.5 Å². The minimum absolute atomic E-state index is 0.0778. The Morgan fingerprint density at radius 1 is 1.00 bits per heavy atom. The van der Waals surface area contributed by atoms with Gasteiger partial charge in [0.25, 0.3) is 15.9 Å². The summed E-state index contributed by atoms with van der Waals surface area (Å²) in [6.07, 6.45) is 0. The molecule has 140 valence electrons. The van der Waals surface area contributed by atoms with Crippen LogP contribution in [0.2, 0.25) is 0 Å². The van der Waals surface area contributed by atoms with Crippen LogP contribution in [0.5, 0.6) is 17.2 Å². The van der Waals surface area contributed by atoms with Gasteiger partial charge in [-0.05, 0) is 36.8 Å². The summed E-state index contributed by atoms with van der Waals surface area (Å²) in [5.41, 5.74) is 2.83. The van der Waals surface area contributed by atoms with Crippen molar-refractivity contribution in [1.29, 1.82) is 0 Å². The molecule has 0 bridgehead atoms. The molecule has 2 N–H and O–H groups in total. The maximum Gasteiger partial charge on any atom is 0.272 e. The van der Waals surface area contributed by atoms with Crippen LogP contribution >= 0.6 is 0 Å². The second-order valence-electron chi connectivity index (χ2n) is 5.25. The van der Waals surface area contributed by atoms with E-state index in [9.17, 15) is 13.2 Å². The highest BCUT2D eigenvalue weighted by atomic mass is 32.2. The molecule has 2 aromatic rings. The van der Waals surface area contributed by atoms with Crippen molar-refractivity contribution in [1.82, 2.24) is 10.3 Å². The highest BCUT2D eigenvalue weighted by molar-refractivity contribution is 7.89. The molecule has 0 heterocycles. The standard InChI is InChI=1S/C17H20N2O6S/c1-12-8-9-15(24-3)16(10-12)26(21,22)19-18-17(20)11-25-14-7-5-4-6-13(14)23-2/h4-10,19H,11H2,1-3H3,(H,18,20). The lowest BCUT2D eigenvalue weighted by Gasteiger charge is -2.13. The van der Waals surface area contributed by atoms with E-state index in [1.807, 2.05) is 4.83 Å². The van der Waals surface area contributed by atoms with Crippen LogP contribution in [0.4, 0.5) is 0 Å². The molecule has 0 aliphatic rings. The molecule has 0 aliphatic carbocycles. The van der Waals surface area contributed by atoms with Gasteiger partial charge in [0.05, 0.1) is 14.2 Å². The van der Waals surface area contributed by atoms with Crippen LogP contribution in [-0.2, 0) is 14.8 Å². The number of para-hydroxylation sites is 2. The Balaban J connectivity index is 1.99. The van der Waals surface area contributed by atoms with Gasteiger partial charge in [-0.15, -0.1) is 4.83 Å². The fourth-order valence-electron chi connectivity index (χ4n) is 2.09. The van der Waals surface area contributed by atoms with Crippen LogP contribution in [0.1, 0.15) is 5.56 Å². The molecule has 2 aromatic carbocycles. The fraction of sp³-hybridized carbons (Fsp3) is 0.235. The zero-order valence-corrected chi connectivity index (χ0v) is 15.4. The first kappa shape index (κ1) is 19.5. The summed E-state index contributed by atoms with van der Waals surface area (Å²) in [5, 5.41) is 0. The minimum atomic E-state index is -4.00. The highest BCUT2D eigenvalue weighted by Gasteiger charge is 2.20. The number of rotatable bonds is 8. The Morgan fingerprint density at radius 2 is 1.65 bits per heavy atom. The van der Waals surface area contributed by atoms with E-state index in [0.717, 1.165) is 5.56 Å². The average Bonchev–Trinajstić information content (AvgIpc) is 2.65. The summed E-state index contributed by atoms with van der Waals surface area (Å²) in [7, 11) is -1.16. The van der Waals surface area contributed by atoms with Crippen molar-refractivity contribution in [2.45, 2.75) is 11.8 Å². The predicted molar refractivity (Wildman–Crippen MR) is 94.7 cm³/mol. The van der Waals surface area contributed by atoms with Gasteiger partial charge < -0.3 is 14.2 Å². The molecule has 2 rings (SSSR count). The molecule has 0 aliphatic heterocycles. The summed E-state index contributed by atoms with van der Waals surface area (Å²) in [4.78, 5) is 13.8. The van der Waals surface area contributed by atoms with Gasteiger partial charge in [0.2, 0.25) is 0 Å². The van der Waals surface area contributed by atoms with Crippen LogP contribution in [-0.4, -0.2) is 35.2 Å². The largest absolute Gasteiger partial charge is 0.495 e. The summed E-state index contributed by atoms with van der Waals surface area (Å²) in [6, 6.07) is 11.5. The van der Waals surface area contributed by atoms with Gasteiger partial charge >= 0.3 is 0 Å². The summed E-state index contributed by atoms with van der Waals surface area (Å²) in [6.45, 7) is 1.35. The maximum absolute atomic E-state index is 12.4. The molecule has 9 heteroatoms. The smallest absolute Gasteiger partial charge is 0.272 e. The van der Waals surface area contributed by atoms with E-state index in [1.165, 1.54) is 26.4 Å². The van der Waals surface area contributed by atoms with Gasteiger partial charge in [0.1, 0.15) is 10.6 Å². The van der Waals surface area contributed by atoms with Crippen molar-refractivity contribution < 1.29 is 27.4 Å². The third kappa shape index (κ3) is 4.87. The molecular weight excluding hydrogens is 360 g/mol. The van der Waals surface area contributed by atoms with E-state index in [0.29, 0.717) is 11.5 Å². The minimum Gasteiger partial charge on any atom is -0.495 e. The molecule has 0 atom stereocenters. The molecule has 0 aromatic heterocycles. The molecule has 8 nitrogen and oxygen atoms in total. The topological polar surface area (TPSA) is 103 Å². The second kappa shape index (κ2) is 8.54. The lowest BCUT2D eigenvalue weighted by Crippen LogP contribution is -2.43. The molecule has 26 heavy (non-hydrogen) atoms. The number of hydrazine groups is 1. The van der Waals surface area contributed by atoms with E-state index in [4.69, 9.17) is 14.2 Å². The Labute approximate surface area is 152 Å². The summed E-state index contributed by atoms with van der Waals surface area (Å²) in [5.74, 6) is 0.326. The molecule has 0 saturated heterocycles. The Hall–Kier alpha value is -2.78. The summed E-state index contributed by atoms with van der Waals surface area (Å²) >= 11 is 0. The number of hydrogen-bond donors (Lipinski definition) is 2. The van der Waals surface area contributed by atoms with Crippen LogP contribution in [0.3, 0.4) is 0 Å². The van der Waals surface area contributed by atoms with E-state index in [-0.39, 0.29) is 10.6 Å². The molecule has 0 saturated carbocycles. The van der Waals surface area contributed by atoms with Gasteiger partial charge in [0, 0.05) is 0 Å². The number of hydrogen-bond acceptors (Lipinski definition) is 6. The quantitative estimate of drug-likeness (QED) is 0.671. The number of amides is 1. The highest BCUT2D eigenvalue weighted by Crippen LogP contribution is 2.26. The van der Waals surface area contributed by atoms with Crippen LogP contribution in [0, 0.1) is 6.92 Å². The normalized spacial score (nSPS) is 10.9. The first-order chi connectivity index (χ1) is 12.4. The number of carbonyl (C=O) groups excluding carboxylic acids is 1. The van der Waals surface area contributed by atoms with E-state index in [2.05, 4.69) is 5.43 Å². The van der Waals surface area contributed by atoms with Gasteiger partial charge in [-0.3, -0.25) is 10.2 Å². The number of sulfonamides is 1. The SMILES string of the molecule is COc1ccccc1OCC(=O)NNS(=O)(=O)c1cc(C)ccc1OC. The van der Waals surface area contributed by atoms with Crippen molar-refractivity contribution in [2.24, 2.45) is 0 Å². The number of benzene rings is 2. The molecule has 0 fully saturated rings. The Morgan fingerprint density at radius 3 is 2.31 bits per heavy atom. The summed E-state index contributed by atoms with van der Waals surface area (Å²) < 4.78 is 40.2. The van der Waals surface area contributed by atoms with Gasteiger partial charge in [-0.1, -0.05) is 18.2 Å². The monoisotopic (exact) mass is 380 g/mol. The lowest BCUT2D eigenvalue weighted by molar-refractivity contribution is -0.123. The molecular formula is C17H20N2O6S. The second-order valence-corrected chi connectivity index (χ2v) is 6.90. The number of nitrogens with one attached hydrogen (secondary N) is 2. The molecule has 1 amide bonds. The molecule has 0 radical (unpaired) electrons. The van der Waals surface area contributed by atoms with Crippen molar-refractivity contribution >= 4 is 15.9 Å². The number of carbonyl (C=O) groups is 1. The zero-order chi connectivity index (χ0) is 19.2. The van der Waals surface area contributed by atoms with Gasteiger partial charge in [-0.2, -0.15) is 0 Å². The average molecular weight is 380 g/mol. The Kier molecular flexibility index (Phi) is 6.42. The lowest BCUT2D eigenvalue weighted by atomic mass is 10.2. The Bertz CT molecular complexity index is 883. The van der Waals surface area contributed by atoms with Gasteiger partial charge in [0.15, 0.2) is 18.1 Å². The number of ether oxygens (including phenoxy) is 3. The zero-order valence-electron chi connectivity index (χ0n) is 14.6. The number of methoxy groups -OCH3 is 2. The van der Waals surface area contributed by atoms with Crippen LogP contribution in [0.25, 0.3) is 0 Å². The third-order valence-corrected chi connectivity index (χ3v) is 4.63. The van der Waals surface area contributed by atoms with Gasteiger partial charge in [-0.25, -0.2) is 8.42 Å². The van der Waals surface area contributed by atoms with E-state index in [1.54, 1.807) is 37.3 Å². The first-order valence-electron chi connectivity index (χ1n) is 7.58. The predicted octanol–water partition coefficient (Wildman–Crippen LogP) is 1.40. The number of aryl methyl sites for hydroxylation is 1. The third-order valence-electron chi connectivity index (χ3n) is 3.36. The molecule has 0 spiro atoms. The maximum atomic E-state index is 12.4. The van der Waals surface area contributed by atoms with E-state index >= 15 is 0 Å². The first-order valence-corrected chi connectivity index (χ1v) is 9.07. The van der Waals surface area contributed by atoms with Crippen molar-refractivity contribution in [3.8, 4) is 17.2 Å². The fourth-order valence-corrected chi connectivity index (χ4v) is 3.21. The van der Waals surface area contributed by atoms with E-state index < -0.39 is 22.5 Å². The van der Waals surface area contributed by atoms with Crippen molar-refractivity contribution in [3.05, 3.63) is 48.0 Å². The van der Waals surface area contributed by atoms with Crippen molar-refractivity contribution in [2.75, 3.05) is 20.8 Å². The van der Waals surface area contributed by atoms with Crippen molar-refractivity contribution in [3.63, 3.8) is 0 Å².